The van der Waals surface area contributed by atoms with Crippen molar-refractivity contribution < 1.29 is 4.79 Å². The minimum absolute atomic E-state index is 0.327. The smallest absolute Gasteiger partial charge is 0.222 e. The summed E-state index contributed by atoms with van der Waals surface area (Å²) in [4.78, 5) is 16.8. The van der Waals surface area contributed by atoms with Gasteiger partial charge < -0.3 is 10.2 Å². The van der Waals surface area contributed by atoms with Gasteiger partial charge in [0.25, 0.3) is 0 Å². The highest BCUT2D eigenvalue weighted by atomic mass is 16.2. The van der Waals surface area contributed by atoms with Crippen molar-refractivity contribution in [3.05, 3.63) is 0 Å². The number of amides is 1. The van der Waals surface area contributed by atoms with Crippen LogP contribution in [0.1, 0.15) is 58.8 Å². The summed E-state index contributed by atoms with van der Waals surface area (Å²) in [6.45, 7) is 10.3. The Morgan fingerprint density at radius 1 is 1.19 bits per heavy atom. The van der Waals surface area contributed by atoms with Crippen LogP contribution in [0.5, 0.6) is 0 Å². The highest BCUT2D eigenvalue weighted by Gasteiger charge is 2.39. The van der Waals surface area contributed by atoms with Gasteiger partial charge in [0.1, 0.15) is 0 Å². The van der Waals surface area contributed by atoms with Crippen LogP contribution in [0.4, 0.5) is 0 Å². The maximum absolute atomic E-state index is 12.1. The van der Waals surface area contributed by atoms with E-state index in [9.17, 15) is 4.79 Å². The van der Waals surface area contributed by atoms with Gasteiger partial charge in [0.15, 0.2) is 0 Å². The van der Waals surface area contributed by atoms with E-state index >= 15 is 0 Å². The third-order valence-electron chi connectivity index (χ3n) is 5.40. The molecule has 1 aliphatic carbocycles. The Hall–Kier alpha value is -0.610. The summed E-state index contributed by atoms with van der Waals surface area (Å²) in [5, 5.41) is 3.59. The first-order valence-electron chi connectivity index (χ1n) is 8.95. The molecular formula is C17H33N3O. The van der Waals surface area contributed by atoms with Gasteiger partial charge in [0, 0.05) is 44.7 Å². The molecule has 122 valence electrons. The molecule has 0 aromatic heterocycles. The molecule has 0 aromatic rings. The van der Waals surface area contributed by atoms with Crippen LogP contribution in [0.25, 0.3) is 0 Å². The van der Waals surface area contributed by atoms with E-state index in [1.165, 1.54) is 32.1 Å². The molecule has 0 bridgehead atoms. The summed E-state index contributed by atoms with van der Waals surface area (Å²) >= 11 is 0. The van der Waals surface area contributed by atoms with Crippen LogP contribution in [-0.4, -0.2) is 60.5 Å². The Bertz CT molecular complexity index is 314. The van der Waals surface area contributed by atoms with Gasteiger partial charge in [0.05, 0.1) is 0 Å². The zero-order valence-corrected chi connectivity index (χ0v) is 14.0. The fourth-order valence-corrected chi connectivity index (χ4v) is 4.09. The number of nitrogens with zero attached hydrogens (tertiary/aromatic N) is 2. The number of nitrogens with one attached hydrogen (secondary N) is 1. The molecule has 2 fully saturated rings. The van der Waals surface area contributed by atoms with Gasteiger partial charge in [-0.1, -0.05) is 19.3 Å². The third-order valence-corrected chi connectivity index (χ3v) is 5.40. The number of rotatable bonds is 6. The summed E-state index contributed by atoms with van der Waals surface area (Å²) in [5.74, 6) is 0.327. The van der Waals surface area contributed by atoms with E-state index in [-0.39, 0.29) is 0 Å². The lowest BCUT2D eigenvalue weighted by Crippen LogP contribution is -2.62. The first kappa shape index (κ1) is 16.8. The normalized spacial score (nSPS) is 22.4. The van der Waals surface area contributed by atoms with E-state index in [1.54, 1.807) is 0 Å². The quantitative estimate of drug-likeness (QED) is 0.816. The second-order valence-electron chi connectivity index (χ2n) is 6.62. The Labute approximate surface area is 130 Å². The van der Waals surface area contributed by atoms with E-state index in [1.807, 2.05) is 4.90 Å². The Kier molecular flexibility index (Phi) is 6.49. The average Bonchev–Trinajstić information content (AvgIpc) is 2.51. The van der Waals surface area contributed by atoms with E-state index in [2.05, 4.69) is 24.1 Å². The van der Waals surface area contributed by atoms with E-state index < -0.39 is 0 Å². The molecule has 0 radical (unpaired) electrons. The number of carbonyl (C=O) groups excluding carboxylic acids is 1. The minimum Gasteiger partial charge on any atom is -0.343 e. The van der Waals surface area contributed by atoms with Crippen molar-refractivity contribution >= 4 is 5.91 Å². The fourth-order valence-electron chi connectivity index (χ4n) is 4.09. The molecule has 1 saturated heterocycles. The maximum Gasteiger partial charge on any atom is 0.222 e. The standard InChI is InChI=1S/C17H33N3O/c1-3-19(4-2)16(21)9-8-13-20-14-12-18-15-17(20)10-6-5-7-11-17/h18H,3-15H2,1-2H3. The van der Waals surface area contributed by atoms with Crippen molar-refractivity contribution in [2.45, 2.75) is 64.3 Å². The van der Waals surface area contributed by atoms with Gasteiger partial charge in [-0.15, -0.1) is 0 Å². The van der Waals surface area contributed by atoms with Gasteiger partial charge in [-0.25, -0.2) is 0 Å². The molecule has 1 N–H and O–H groups in total. The summed E-state index contributed by atoms with van der Waals surface area (Å²) in [6, 6.07) is 0. The van der Waals surface area contributed by atoms with Crippen LogP contribution in [0.2, 0.25) is 0 Å². The minimum atomic E-state index is 0.327. The SMILES string of the molecule is CCN(CC)C(=O)CCCN1CCNCC12CCCCC2. The predicted molar refractivity (Wildman–Crippen MR) is 87.4 cm³/mol. The number of carbonyl (C=O) groups is 1. The first-order chi connectivity index (χ1) is 10.2. The van der Waals surface area contributed by atoms with Crippen LogP contribution >= 0.6 is 0 Å². The van der Waals surface area contributed by atoms with Crippen molar-refractivity contribution in [1.29, 1.82) is 0 Å². The molecule has 21 heavy (non-hydrogen) atoms. The van der Waals surface area contributed by atoms with Crippen molar-refractivity contribution in [3.8, 4) is 0 Å². The maximum atomic E-state index is 12.1. The van der Waals surface area contributed by atoms with Crippen LogP contribution in [0.15, 0.2) is 0 Å². The van der Waals surface area contributed by atoms with Gasteiger partial charge >= 0.3 is 0 Å². The molecule has 0 atom stereocenters. The van der Waals surface area contributed by atoms with Gasteiger partial charge in [-0.05, 0) is 39.7 Å². The largest absolute Gasteiger partial charge is 0.343 e. The lowest BCUT2D eigenvalue weighted by molar-refractivity contribution is -0.131. The first-order valence-corrected chi connectivity index (χ1v) is 8.95. The molecule has 1 spiro atoms. The van der Waals surface area contributed by atoms with E-state index in [4.69, 9.17) is 0 Å². The molecule has 4 heteroatoms. The lowest BCUT2D eigenvalue weighted by Gasteiger charge is -2.50. The highest BCUT2D eigenvalue weighted by molar-refractivity contribution is 5.76. The predicted octanol–water partition coefficient (Wildman–Crippen LogP) is 2.24. The number of hydrogen-bond acceptors (Lipinski definition) is 3. The van der Waals surface area contributed by atoms with E-state index in [0.29, 0.717) is 17.9 Å². The van der Waals surface area contributed by atoms with Crippen molar-refractivity contribution in [2.24, 2.45) is 0 Å². The van der Waals surface area contributed by atoms with Crippen LogP contribution in [0, 0.1) is 0 Å². The molecule has 1 amide bonds. The van der Waals surface area contributed by atoms with E-state index in [0.717, 1.165) is 45.7 Å². The monoisotopic (exact) mass is 295 g/mol. The van der Waals surface area contributed by atoms with Gasteiger partial charge in [-0.3, -0.25) is 9.69 Å². The third kappa shape index (κ3) is 4.19. The fraction of sp³-hybridized carbons (Fsp3) is 0.941. The molecule has 0 unspecified atom stereocenters. The van der Waals surface area contributed by atoms with Gasteiger partial charge in [-0.2, -0.15) is 0 Å². The zero-order chi connectivity index (χ0) is 15.1. The second kappa shape index (κ2) is 8.14. The molecule has 2 rings (SSSR count). The molecule has 0 aromatic carbocycles. The molecule has 1 saturated carbocycles. The molecule has 1 aliphatic heterocycles. The van der Waals surface area contributed by atoms with Gasteiger partial charge in [0.2, 0.25) is 5.91 Å². The van der Waals surface area contributed by atoms with Crippen LogP contribution in [0.3, 0.4) is 0 Å². The summed E-state index contributed by atoms with van der Waals surface area (Å²) in [7, 11) is 0. The summed E-state index contributed by atoms with van der Waals surface area (Å²) < 4.78 is 0. The van der Waals surface area contributed by atoms with Crippen molar-refractivity contribution in [1.82, 2.24) is 15.1 Å². The molecule has 1 heterocycles. The lowest BCUT2D eigenvalue weighted by atomic mass is 9.79. The summed E-state index contributed by atoms with van der Waals surface area (Å²) in [5.41, 5.74) is 0.398. The van der Waals surface area contributed by atoms with Crippen molar-refractivity contribution in [3.63, 3.8) is 0 Å². The van der Waals surface area contributed by atoms with Crippen LogP contribution in [-0.2, 0) is 4.79 Å². The summed E-state index contributed by atoms with van der Waals surface area (Å²) in [6.07, 6.45) is 8.54. The van der Waals surface area contributed by atoms with Crippen LogP contribution < -0.4 is 5.32 Å². The van der Waals surface area contributed by atoms with Crippen molar-refractivity contribution in [2.75, 3.05) is 39.3 Å². The Morgan fingerprint density at radius 2 is 1.90 bits per heavy atom. The topological polar surface area (TPSA) is 35.6 Å². The Balaban J connectivity index is 1.81. The second-order valence-corrected chi connectivity index (χ2v) is 6.62. The Morgan fingerprint density at radius 3 is 2.57 bits per heavy atom. The number of hydrogen-bond donors (Lipinski definition) is 1. The highest BCUT2D eigenvalue weighted by Crippen LogP contribution is 2.34. The molecule has 2 aliphatic rings. The number of piperazine rings is 1. The molecular weight excluding hydrogens is 262 g/mol. The molecule has 4 nitrogen and oxygen atoms in total. The average molecular weight is 295 g/mol. The zero-order valence-electron chi connectivity index (χ0n) is 14.0.